The van der Waals surface area contributed by atoms with Crippen LogP contribution in [0.5, 0.6) is 11.8 Å². The van der Waals surface area contributed by atoms with Gasteiger partial charge in [0, 0.05) is 0 Å². The fourth-order valence-electron chi connectivity index (χ4n) is 1.99. The fourth-order valence-corrected chi connectivity index (χ4v) is 1.99. The molecule has 94 valence electrons. The highest BCUT2D eigenvalue weighted by Crippen LogP contribution is 2.34. The average Bonchev–Trinajstić information content (AvgIpc) is 2.38. The monoisotopic (exact) mass is 239 g/mol. The van der Waals surface area contributed by atoms with Gasteiger partial charge in [0.25, 0.3) is 0 Å². The van der Waals surface area contributed by atoms with Crippen LogP contribution in [0.2, 0.25) is 0 Å². The highest BCUT2D eigenvalue weighted by Gasteiger charge is 2.36. The summed E-state index contributed by atoms with van der Waals surface area (Å²) < 4.78 is 10.2. The van der Waals surface area contributed by atoms with E-state index in [4.69, 9.17) is 9.47 Å². The van der Waals surface area contributed by atoms with Gasteiger partial charge in [-0.15, -0.1) is 0 Å². The standard InChI is InChI=1S/C11H17N3O3/c1-16-8-7-13-9(10(14-8)17-2)11(15)3-5-12-6-4-11/h7,12,15H,3-6H2,1-2H3. The van der Waals surface area contributed by atoms with E-state index in [1.54, 1.807) is 0 Å². The lowest BCUT2D eigenvalue weighted by Crippen LogP contribution is -2.40. The number of rotatable bonds is 3. The van der Waals surface area contributed by atoms with Crippen LogP contribution in [0.15, 0.2) is 6.20 Å². The van der Waals surface area contributed by atoms with E-state index in [0.29, 0.717) is 30.3 Å². The number of hydrogen-bond donors (Lipinski definition) is 2. The summed E-state index contributed by atoms with van der Waals surface area (Å²) in [6.07, 6.45) is 2.70. The summed E-state index contributed by atoms with van der Waals surface area (Å²) in [6, 6.07) is 0. The van der Waals surface area contributed by atoms with Crippen molar-refractivity contribution < 1.29 is 14.6 Å². The zero-order valence-corrected chi connectivity index (χ0v) is 10.1. The van der Waals surface area contributed by atoms with Gasteiger partial charge >= 0.3 is 0 Å². The molecule has 0 atom stereocenters. The topological polar surface area (TPSA) is 76.5 Å². The first-order valence-corrected chi connectivity index (χ1v) is 5.58. The van der Waals surface area contributed by atoms with Gasteiger partial charge in [0.15, 0.2) is 0 Å². The van der Waals surface area contributed by atoms with E-state index in [2.05, 4.69) is 15.3 Å². The second-order valence-corrected chi connectivity index (χ2v) is 4.05. The van der Waals surface area contributed by atoms with E-state index < -0.39 is 5.60 Å². The van der Waals surface area contributed by atoms with Gasteiger partial charge in [0.1, 0.15) is 11.3 Å². The minimum absolute atomic E-state index is 0.328. The van der Waals surface area contributed by atoms with Crippen LogP contribution in [0.4, 0.5) is 0 Å². The summed E-state index contributed by atoms with van der Waals surface area (Å²) in [6.45, 7) is 1.51. The van der Waals surface area contributed by atoms with E-state index in [0.717, 1.165) is 13.1 Å². The minimum Gasteiger partial charge on any atom is -0.480 e. The van der Waals surface area contributed by atoms with Crippen LogP contribution in [0.3, 0.4) is 0 Å². The van der Waals surface area contributed by atoms with Gasteiger partial charge in [-0.05, 0) is 25.9 Å². The number of piperidine rings is 1. The molecule has 1 aliphatic rings. The molecule has 1 saturated heterocycles. The quantitative estimate of drug-likeness (QED) is 0.777. The number of ether oxygens (including phenoxy) is 2. The molecule has 1 aromatic rings. The molecule has 6 heteroatoms. The Kier molecular flexibility index (Phi) is 3.44. The lowest BCUT2D eigenvalue weighted by molar-refractivity contribution is -0.00101. The van der Waals surface area contributed by atoms with Crippen molar-refractivity contribution >= 4 is 0 Å². The van der Waals surface area contributed by atoms with Crippen molar-refractivity contribution in [3.05, 3.63) is 11.9 Å². The predicted octanol–water partition coefficient (Wildman–Crippen LogP) is 0.0648. The summed E-state index contributed by atoms with van der Waals surface area (Å²) in [5.74, 6) is 0.705. The highest BCUT2D eigenvalue weighted by molar-refractivity contribution is 5.28. The number of methoxy groups -OCH3 is 2. The number of aliphatic hydroxyl groups is 1. The second kappa shape index (κ2) is 4.85. The van der Waals surface area contributed by atoms with E-state index in [9.17, 15) is 5.11 Å². The Labute approximate surface area is 100.0 Å². The van der Waals surface area contributed by atoms with Crippen LogP contribution in [0.25, 0.3) is 0 Å². The number of nitrogens with one attached hydrogen (secondary N) is 1. The SMILES string of the molecule is COc1cnc(C2(O)CCNCC2)c(OC)n1. The zero-order valence-electron chi connectivity index (χ0n) is 10.1. The molecular formula is C11H17N3O3. The normalized spacial score (nSPS) is 18.8. The zero-order chi connectivity index (χ0) is 12.3. The van der Waals surface area contributed by atoms with E-state index in [1.807, 2.05) is 0 Å². The van der Waals surface area contributed by atoms with Gasteiger partial charge in [-0.1, -0.05) is 0 Å². The van der Waals surface area contributed by atoms with Gasteiger partial charge in [0.05, 0.1) is 20.4 Å². The first kappa shape index (κ1) is 12.1. The van der Waals surface area contributed by atoms with Crippen LogP contribution in [0, 0.1) is 0 Å². The minimum atomic E-state index is -0.962. The third-order valence-electron chi connectivity index (χ3n) is 2.99. The van der Waals surface area contributed by atoms with Crippen LogP contribution in [-0.4, -0.2) is 42.4 Å². The summed E-state index contributed by atoms with van der Waals surface area (Å²) >= 11 is 0. The molecular weight excluding hydrogens is 222 g/mol. The maximum Gasteiger partial charge on any atom is 0.241 e. The molecule has 1 fully saturated rings. The molecule has 0 aromatic carbocycles. The van der Waals surface area contributed by atoms with Crippen LogP contribution < -0.4 is 14.8 Å². The summed E-state index contributed by atoms with van der Waals surface area (Å²) in [7, 11) is 3.03. The fraction of sp³-hybridized carbons (Fsp3) is 0.636. The highest BCUT2D eigenvalue weighted by atomic mass is 16.5. The molecule has 0 amide bonds. The molecule has 1 aromatic heterocycles. The Bertz CT molecular complexity index is 392. The molecule has 0 spiro atoms. The van der Waals surface area contributed by atoms with Crippen molar-refractivity contribution in [2.24, 2.45) is 0 Å². The molecule has 0 aliphatic carbocycles. The first-order chi connectivity index (χ1) is 8.19. The summed E-state index contributed by atoms with van der Waals surface area (Å²) in [5.41, 5.74) is -0.474. The molecule has 2 N–H and O–H groups in total. The second-order valence-electron chi connectivity index (χ2n) is 4.05. The Balaban J connectivity index is 2.36. The molecule has 17 heavy (non-hydrogen) atoms. The van der Waals surface area contributed by atoms with E-state index in [-0.39, 0.29) is 0 Å². The first-order valence-electron chi connectivity index (χ1n) is 5.58. The maximum absolute atomic E-state index is 10.6. The number of nitrogens with zero attached hydrogens (tertiary/aromatic N) is 2. The number of aromatic nitrogens is 2. The molecule has 2 heterocycles. The van der Waals surface area contributed by atoms with Gasteiger partial charge in [0.2, 0.25) is 11.8 Å². The Morgan fingerprint density at radius 3 is 2.59 bits per heavy atom. The Morgan fingerprint density at radius 1 is 1.29 bits per heavy atom. The average molecular weight is 239 g/mol. The van der Waals surface area contributed by atoms with Crippen LogP contribution in [0.1, 0.15) is 18.5 Å². The third-order valence-corrected chi connectivity index (χ3v) is 2.99. The van der Waals surface area contributed by atoms with Crippen molar-refractivity contribution in [3.63, 3.8) is 0 Å². The third kappa shape index (κ3) is 2.32. The molecule has 6 nitrogen and oxygen atoms in total. The van der Waals surface area contributed by atoms with Gasteiger partial charge in [-0.3, -0.25) is 0 Å². The van der Waals surface area contributed by atoms with Gasteiger partial charge in [-0.2, -0.15) is 4.98 Å². The molecule has 2 rings (SSSR count). The molecule has 0 saturated carbocycles. The molecule has 0 bridgehead atoms. The van der Waals surface area contributed by atoms with Crippen molar-refractivity contribution in [2.75, 3.05) is 27.3 Å². The van der Waals surface area contributed by atoms with Crippen molar-refractivity contribution in [2.45, 2.75) is 18.4 Å². The van der Waals surface area contributed by atoms with Crippen molar-refractivity contribution in [1.29, 1.82) is 0 Å². The van der Waals surface area contributed by atoms with Crippen molar-refractivity contribution in [3.8, 4) is 11.8 Å². The predicted molar refractivity (Wildman–Crippen MR) is 61.1 cm³/mol. The van der Waals surface area contributed by atoms with Gasteiger partial charge in [-0.25, -0.2) is 4.98 Å². The Hall–Kier alpha value is -1.40. The molecule has 0 radical (unpaired) electrons. The lowest BCUT2D eigenvalue weighted by Gasteiger charge is -2.32. The van der Waals surface area contributed by atoms with Crippen LogP contribution >= 0.6 is 0 Å². The van der Waals surface area contributed by atoms with Crippen molar-refractivity contribution in [1.82, 2.24) is 15.3 Å². The van der Waals surface area contributed by atoms with Gasteiger partial charge < -0.3 is 19.9 Å². The largest absolute Gasteiger partial charge is 0.480 e. The lowest BCUT2D eigenvalue weighted by atomic mass is 9.89. The maximum atomic E-state index is 10.6. The smallest absolute Gasteiger partial charge is 0.241 e. The number of hydrogen-bond acceptors (Lipinski definition) is 6. The molecule has 0 unspecified atom stereocenters. The molecule has 1 aliphatic heterocycles. The summed E-state index contributed by atoms with van der Waals surface area (Å²) in [5, 5.41) is 13.8. The van der Waals surface area contributed by atoms with E-state index in [1.165, 1.54) is 20.4 Å². The van der Waals surface area contributed by atoms with E-state index >= 15 is 0 Å². The summed E-state index contributed by atoms with van der Waals surface area (Å²) in [4.78, 5) is 8.37. The van der Waals surface area contributed by atoms with Crippen LogP contribution in [-0.2, 0) is 5.60 Å². The Morgan fingerprint density at radius 2 is 2.00 bits per heavy atom.